The molecule has 2 aromatic carbocycles. The third-order valence-electron chi connectivity index (χ3n) is 7.55. The number of rotatable bonds is 4. The van der Waals surface area contributed by atoms with Gasteiger partial charge >= 0.3 is 0 Å². The molecule has 0 amide bonds. The predicted octanol–water partition coefficient (Wildman–Crippen LogP) is 7.00. The van der Waals surface area contributed by atoms with Crippen LogP contribution in [0.15, 0.2) is 87.8 Å². The van der Waals surface area contributed by atoms with Gasteiger partial charge in [-0.05, 0) is 74.3 Å². The van der Waals surface area contributed by atoms with Crippen LogP contribution in [0.25, 0.3) is 16.7 Å². The van der Waals surface area contributed by atoms with Gasteiger partial charge in [0.05, 0.1) is 12.7 Å². The zero-order valence-corrected chi connectivity index (χ0v) is 21.1. The van der Waals surface area contributed by atoms with E-state index in [1.54, 1.807) is 28.2 Å². The molecule has 35 heavy (non-hydrogen) atoms. The molecule has 2 aliphatic heterocycles. The van der Waals surface area contributed by atoms with Crippen molar-refractivity contribution in [2.24, 2.45) is 0 Å². The van der Waals surface area contributed by atoms with Crippen LogP contribution in [0, 0.1) is 0 Å². The molecule has 2 aromatic heterocycles. The second-order valence-corrected chi connectivity index (χ2v) is 11.1. The SMILES string of the molecule is c1ccc2c(c1)-c1ccccc1C21OCC(CN2CCC(=C(c3ccsc3)c3ccsc3)CC2)O1. The standard InChI is InChI=1S/C30H27NO2S2/c1-3-7-27-25(5-1)26-6-2-4-8-28(26)30(27)32-18-24(33-30)17-31-13-9-21(10-14-31)29(22-11-15-34-19-22)23-12-16-35-20-23/h1-8,11-12,15-16,19-20,24H,9-10,13-14,17-18H2. The van der Waals surface area contributed by atoms with E-state index in [1.807, 2.05) is 0 Å². The lowest BCUT2D eigenvalue weighted by Gasteiger charge is -2.32. The molecule has 2 fully saturated rings. The lowest BCUT2D eigenvalue weighted by atomic mass is 9.91. The molecule has 1 spiro atoms. The molecule has 176 valence electrons. The van der Waals surface area contributed by atoms with Crippen LogP contribution in [0.2, 0.25) is 0 Å². The van der Waals surface area contributed by atoms with Crippen LogP contribution in [0.3, 0.4) is 0 Å². The minimum Gasteiger partial charge on any atom is -0.339 e. The first-order chi connectivity index (χ1) is 17.3. The first-order valence-electron chi connectivity index (χ1n) is 12.3. The number of benzene rings is 2. The summed E-state index contributed by atoms with van der Waals surface area (Å²) < 4.78 is 13.3. The zero-order chi connectivity index (χ0) is 23.2. The van der Waals surface area contributed by atoms with E-state index in [0.717, 1.165) is 43.6 Å². The molecule has 0 N–H and O–H groups in total. The summed E-state index contributed by atoms with van der Waals surface area (Å²) in [6.45, 7) is 3.66. The maximum atomic E-state index is 6.78. The van der Waals surface area contributed by atoms with Crippen molar-refractivity contribution in [3.8, 4) is 11.1 Å². The fraction of sp³-hybridized carbons (Fsp3) is 0.267. The number of hydrogen-bond donors (Lipinski definition) is 0. The van der Waals surface area contributed by atoms with E-state index in [2.05, 4.69) is 87.1 Å². The van der Waals surface area contributed by atoms with Crippen molar-refractivity contribution in [2.45, 2.75) is 24.7 Å². The normalized spacial score (nSPS) is 20.8. The van der Waals surface area contributed by atoms with Crippen LogP contribution in [-0.2, 0) is 15.3 Å². The number of fused-ring (bicyclic) bond motifs is 5. The Balaban J connectivity index is 1.09. The third kappa shape index (κ3) is 3.65. The lowest BCUT2D eigenvalue weighted by molar-refractivity contribution is -0.141. The van der Waals surface area contributed by atoms with Gasteiger partial charge in [0.15, 0.2) is 0 Å². The van der Waals surface area contributed by atoms with Crippen molar-refractivity contribution in [2.75, 3.05) is 26.2 Å². The molecule has 7 rings (SSSR count). The van der Waals surface area contributed by atoms with Gasteiger partial charge in [0.25, 0.3) is 0 Å². The van der Waals surface area contributed by atoms with Gasteiger partial charge in [0.1, 0.15) is 0 Å². The highest BCUT2D eigenvalue weighted by Crippen LogP contribution is 2.53. The molecule has 3 nitrogen and oxygen atoms in total. The Labute approximate surface area is 214 Å². The van der Waals surface area contributed by atoms with E-state index in [4.69, 9.17) is 9.47 Å². The summed E-state index contributed by atoms with van der Waals surface area (Å²) in [5.74, 6) is -0.760. The van der Waals surface area contributed by atoms with Crippen molar-refractivity contribution in [3.05, 3.63) is 110 Å². The Morgan fingerprint density at radius 1 is 0.829 bits per heavy atom. The molecule has 3 aliphatic rings. The summed E-state index contributed by atoms with van der Waals surface area (Å²) in [5, 5.41) is 8.94. The van der Waals surface area contributed by atoms with E-state index < -0.39 is 5.79 Å². The number of nitrogens with zero attached hydrogens (tertiary/aromatic N) is 1. The van der Waals surface area contributed by atoms with Crippen LogP contribution in [0.4, 0.5) is 0 Å². The Morgan fingerprint density at radius 3 is 2.00 bits per heavy atom. The third-order valence-corrected chi connectivity index (χ3v) is 8.92. The Bertz CT molecular complexity index is 1280. The van der Waals surface area contributed by atoms with Crippen molar-refractivity contribution < 1.29 is 9.47 Å². The summed E-state index contributed by atoms with van der Waals surface area (Å²) in [4.78, 5) is 2.56. The van der Waals surface area contributed by atoms with Gasteiger partial charge in [0.2, 0.25) is 5.79 Å². The quantitative estimate of drug-likeness (QED) is 0.303. The number of ether oxygens (including phenoxy) is 2. The molecule has 5 heteroatoms. The van der Waals surface area contributed by atoms with Crippen molar-refractivity contribution in [1.29, 1.82) is 0 Å². The molecule has 1 aliphatic carbocycles. The van der Waals surface area contributed by atoms with Crippen LogP contribution in [0.1, 0.15) is 35.1 Å². The van der Waals surface area contributed by atoms with Crippen LogP contribution in [0.5, 0.6) is 0 Å². The summed E-state index contributed by atoms with van der Waals surface area (Å²) >= 11 is 3.56. The average Bonchev–Trinajstić information content (AvgIpc) is 3.71. The predicted molar refractivity (Wildman–Crippen MR) is 144 cm³/mol. The van der Waals surface area contributed by atoms with Crippen LogP contribution < -0.4 is 0 Å². The van der Waals surface area contributed by atoms with E-state index in [0.29, 0.717) is 6.61 Å². The summed E-state index contributed by atoms with van der Waals surface area (Å²) in [7, 11) is 0. The Hall–Kier alpha value is -2.54. The van der Waals surface area contributed by atoms with Gasteiger partial charge in [-0.2, -0.15) is 22.7 Å². The van der Waals surface area contributed by atoms with E-state index in [1.165, 1.54) is 27.8 Å². The maximum Gasteiger partial charge on any atom is 0.224 e. The fourth-order valence-corrected chi connectivity index (χ4v) is 7.27. The maximum absolute atomic E-state index is 6.78. The van der Waals surface area contributed by atoms with Crippen molar-refractivity contribution in [3.63, 3.8) is 0 Å². The lowest BCUT2D eigenvalue weighted by Crippen LogP contribution is -2.39. The minimum atomic E-state index is -0.760. The molecule has 4 heterocycles. The number of thiophene rings is 2. The highest BCUT2D eigenvalue weighted by Gasteiger charge is 2.51. The number of likely N-dealkylation sites (tertiary alicyclic amines) is 1. The Kier molecular flexibility index (Phi) is 5.49. The second kappa shape index (κ2) is 8.84. The van der Waals surface area contributed by atoms with Gasteiger partial charge in [-0.1, -0.05) is 54.1 Å². The molecule has 0 radical (unpaired) electrons. The smallest absolute Gasteiger partial charge is 0.224 e. The van der Waals surface area contributed by atoms with Gasteiger partial charge in [-0.25, -0.2) is 0 Å². The molecular formula is C30H27NO2S2. The van der Waals surface area contributed by atoms with Crippen molar-refractivity contribution in [1.82, 2.24) is 4.90 Å². The van der Waals surface area contributed by atoms with Gasteiger partial charge < -0.3 is 14.4 Å². The molecule has 2 saturated heterocycles. The highest BCUT2D eigenvalue weighted by atomic mass is 32.1. The topological polar surface area (TPSA) is 21.7 Å². The first-order valence-corrected chi connectivity index (χ1v) is 14.2. The molecular weight excluding hydrogens is 470 g/mol. The number of hydrogen-bond acceptors (Lipinski definition) is 5. The largest absolute Gasteiger partial charge is 0.339 e. The second-order valence-electron chi connectivity index (χ2n) is 9.56. The van der Waals surface area contributed by atoms with Gasteiger partial charge in [0, 0.05) is 30.8 Å². The van der Waals surface area contributed by atoms with E-state index >= 15 is 0 Å². The zero-order valence-electron chi connectivity index (χ0n) is 19.5. The fourth-order valence-electron chi connectivity index (χ4n) is 5.97. The molecule has 4 aromatic rings. The first kappa shape index (κ1) is 21.7. The van der Waals surface area contributed by atoms with Crippen LogP contribution >= 0.6 is 22.7 Å². The monoisotopic (exact) mass is 497 g/mol. The van der Waals surface area contributed by atoms with E-state index in [-0.39, 0.29) is 6.10 Å². The summed E-state index contributed by atoms with van der Waals surface area (Å²) in [6.07, 6.45) is 2.27. The average molecular weight is 498 g/mol. The number of piperidine rings is 1. The summed E-state index contributed by atoms with van der Waals surface area (Å²) in [6, 6.07) is 21.6. The van der Waals surface area contributed by atoms with Crippen LogP contribution in [-0.4, -0.2) is 37.2 Å². The molecule has 0 bridgehead atoms. The molecule has 0 saturated carbocycles. The van der Waals surface area contributed by atoms with Gasteiger partial charge in [-0.3, -0.25) is 0 Å². The van der Waals surface area contributed by atoms with E-state index in [9.17, 15) is 0 Å². The van der Waals surface area contributed by atoms with Crippen molar-refractivity contribution >= 4 is 28.2 Å². The van der Waals surface area contributed by atoms with Gasteiger partial charge in [-0.15, -0.1) is 0 Å². The summed E-state index contributed by atoms with van der Waals surface area (Å²) in [5.41, 5.74) is 10.5. The molecule has 1 unspecified atom stereocenters. The highest BCUT2D eigenvalue weighted by molar-refractivity contribution is 7.08. The Morgan fingerprint density at radius 2 is 1.43 bits per heavy atom. The molecule has 1 atom stereocenters. The minimum absolute atomic E-state index is 0.0629.